The molecule has 86 valence electrons. The Morgan fingerprint density at radius 1 is 1.53 bits per heavy atom. The minimum Gasteiger partial charge on any atom is -0.469 e. The SMILES string of the molecule is COC(C(C)C)C(Cc1ccco1)NN. The van der Waals surface area contributed by atoms with E-state index in [2.05, 4.69) is 19.3 Å². The molecule has 1 aromatic heterocycles. The highest BCUT2D eigenvalue weighted by atomic mass is 16.5. The van der Waals surface area contributed by atoms with Gasteiger partial charge < -0.3 is 9.15 Å². The topological polar surface area (TPSA) is 60.4 Å². The zero-order valence-corrected chi connectivity index (χ0v) is 9.57. The van der Waals surface area contributed by atoms with Crippen LogP contribution in [-0.4, -0.2) is 19.3 Å². The van der Waals surface area contributed by atoms with Crippen LogP contribution in [0.25, 0.3) is 0 Å². The van der Waals surface area contributed by atoms with Crippen molar-refractivity contribution in [3.8, 4) is 0 Å². The summed E-state index contributed by atoms with van der Waals surface area (Å²) in [6.07, 6.45) is 2.49. The van der Waals surface area contributed by atoms with Crippen LogP contribution in [-0.2, 0) is 11.2 Å². The summed E-state index contributed by atoms with van der Waals surface area (Å²) in [5, 5.41) is 0. The van der Waals surface area contributed by atoms with E-state index in [1.54, 1.807) is 13.4 Å². The second kappa shape index (κ2) is 5.90. The van der Waals surface area contributed by atoms with Crippen LogP contribution < -0.4 is 11.3 Å². The molecular weight excluding hydrogens is 192 g/mol. The van der Waals surface area contributed by atoms with Gasteiger partial charge in [-0.05, 0) is 18.1 Å². The lowest BCUT2D eigenvalue weighted by atomic mass is 9.96. The fourth-order valence-corrected chi connectivity index (χ4v) is 1.82. The highest BCUT2D eigenvalue weighted by Gasteiger charge is 2.24. The van der Waals surface area contributed by atoms with Crippen LogP contribution in [0.1, 0.15) is 19.6 Å². The van der Waals surface area contributed by atoms with Crippen LogP contribution in [0.15, 0.2) is 22.8 Å². The summed E-state index contributed by atoms with van der Waals surface area (Å²) in [5.74, 6) is 6.86. The lowest BCUT2D eigenvalue weighted by Crippen LogP contribution is -2.48. The first-order valence-corrected chi connectivity index (χ1v) is 5.20. The smallest absolute Gasteiger partial charge is 0.105 e. The summed E-state index contributed by atoms with van der Waals surface area (Å²) >= 11 is 0. The molecule has 4 heteroatoms. The van der Waals surface area contributed by atoms with E-state index in [4.69, 9.17) is 15.0 Å². The average Bonchev–Trinajstić information content (AvgIpc) is 2.69. The van der Waals surface area contributed by atoms with Gasteiger partial charge >= 0.3 is 0 Å². The van der Waals surface area contributed by atoms with E-state index in [-0.39, 0.29) is 12.1 Å². The van der Waals surface area contributed by atoms with Gasteiger partial charge in [0.1, 0.15) is 5.76 Å². The molecule has 0 aliphatic heterocycles. The van der Waals surface area contributed by atoms with Crippen molar-refractivity contribution in [2.24, 2.45) is 11.8 Å². The first-order chi connectivity index (χ1) is 7.19. The van der Waals surface area contributed by atoms with E-state index in [1.807, 2.05) is 12.1 Å². The van der Waals surface area contributed by atoms with Crippen LogP contribution >= 0.6 is 0 Å². The molecule has 3 N–H and O–H groups in total. The Kier molecular flexibility index (Phi) is 4.81. The molecule has 2 unspecified atom stereocenters. The highest BCUT2D eigenvalue weighted by molar-refractivity contribution is 5.01. The lowest BCUT2D eigenvalue weighted by molar-refractivity contribution is 0.0318. The van der Waals surface area contributed by atoms with Crippen molar-refractivity contribution < 1.29 is 9.15 Å². The van der Waals surface area contributed by atoms with Crippen molar-refractivity contribution in [1.29, 1.82) is 0 Å². The van der Waals surface area contributed by atoms with Crippen molar-refractivity contribution >= 4 is 0 Å². The first kappa shape index (κ1) is 12.2. The number of hydrogen-bond acceptors (Lipinski definition) is 4. The molecule has 0 aliphatic rings. The van der Waals surface area contributed by atoms with Gasteiger partial charge in [0.15, 0.2) is 0 Å². The van der Waals surface area contributed by atoms with Crippen LogP contribution in [0.3, 0.4) is 0 Å². The zero-order valence-electron chi connectivity index (χ0n) is 9.57. The number of hydrazine groups is 1. The molecule has 0 aromatic carbocycles. The third-order valence-electron chi connectivity index (χ3n) is 2.54. The second-order valence-corrected chi connectivity index (χ2v) is 4.00. The van der Waals surface area contributed by atoms with Gasteiger partial charge in [0.25, 0.3) is 0 Å². The van der Waals surface area contributed by atoms with Crippen molar-refractivity contribution in [3.63, 3.8) is 0 Å². The van der Waals surface area contributed by atoms with E-state index < -0.39 is 0 Å². The molecule has 0 radical (unpaired) electrons. The van der Waals surface area contributed by atoms with E-state index >= 15 is 0 Å². The molecule has 4 nitrogen and oxygen atoms in total. The Labute approximate surface area is 90.8 Å². The summed E-state index contributed by atoms with van der Waals surface area (Å²) in [5.41, 5.74) is 2.79. The molecule has 0 saturated heterocycles. The Morgan fingerprint density at radius 2 is 2.27 bits per heavy atom. The maximum Gasteiger partial charge on any atom is 0.105 e. The minimum atomic E-state index is 0.0705. The zero-order chi connectivity index (χ0) is 11.3. The molecule has 0 bridgehead atoms. The van der Waals surface area contributed by atoms with Gasteiger partial charge in [-0.1, -0.05) is 13.8 Å². The number of rotatable bonds is 6. The van der Waals surface area contributed by atoms with E-state index in [9.17, 15) is 0 Å². The Hall–Kier alpha value is -0.840. The predicted molar refractivity (Wildman–Crippen MR) is 59.2 cm³/mol. The summed E-state index contributed by atoms with van der Waals surface area (Å²) in [6, 6.07) is 3.89. The third-order valence-corrected chi connectivity index (χ3v) is 2.54. The van der Waals surface area contributed by atoms with Crippen molar-refractivity contribution in [3.05, 3.63) is 24.2 Å². The van der Waals surface area contributed by atoms with Gasteiger partial charge in [-0.2, -0.15) is 0 Å². The molecule has 0 aliphatic carbocycles. The number of methoxy groups -OCH3 is 1. The molecule has 0 saturated carbocycles. The number of nitrogens with two attached hydrogens (primary N) is 1. The molecule has 0 fully saturated rings. The van der Waals surface area contributed by atoms with Gasteiger partial charge in [0.05, 0.1) is 18.4 Å². The van der Waals surface area contributed by atoms with Gasteiger partial charge in [0, 0.05) is 13.5 Å². The largest absolute Gasteiger partial charge is 0.469 e. The van der Waals surface area contributed by atoms with E-state index in [0.29, 0.717) is 5.92 Å². The monoisotopic (exact) mass is 212 g/mol. The van der Waals surface area contributed by atoms with E-state index in [0.717, 1.165) is 12.2 Å². The van der Waals surface area contributed by atoms with Crippen LogP contribution in [0.2, 0.25) is 0 Å². The first-order valence-electron chi connectivity index (χ1n) is 5.20. The maximum atomic E-state index is 5.53. The standard InChI is InChI=1S/C11H20N2O2/c1-8(2)11(14-3)10(13-12)7-9-5-4-6-15-9/h4-6,8,10-11,13H,7,12H2,1-3H3. The molecule has 0 amide bonds. The molecule has 2 atom stereocenters. The quantitative estimate of drug-likeness (QED) is 0.551. The predicted octanol–water partition coefficient (Wildman–Crippen LogP) is 1.32. The second-order valence-electron chi connectivity index (χ2n) is 4.00. The van der Waals surface area contributed by atoms with Crippen LogP contribution in [0.4, 0.5) is 0 Å². The highest BCUT2D eigenvalue weighted by Crippen LogP contribution is 2.14. The number of nitrogens with one attached hydrogen (secondary N) is 1. The summed E-state index contributed by atoms with van der Waals surface area (Å²) < 4.78 is 10.7. The Morgan fingerprint density at radius 3 is 2.67 bits per heavy atom. The molecular formula is C11H20N2O2. The summed E-state index contributed by atoms with van der Waals surface area (Å²) in [6.45, 7) is 4.22. The summed E-state index contributed by atoms with van der Waals surface area (Å²) in [4.78, 5) is 0. The lowest BCUT2D eigenvalue weighted by Gasteiger charge is -2.27. The van der Waals surface area contributed by atoms with E-state index in [1.165, 1.54) is 0 Å². The molecule has 1 aromatic rings. The van der Waals surface area contributed by atoms with Gasteiger partial charge in [-0.3, -0.25) is 11.3 Å². The minimum absolute atomic E-state index is 0.0705. The van der Waals surface area contributed by atoms with Crippen molar-refractivity contribution in [2.45, 2.75) is 32.4 Å². The number of ether oxygens (including phenoxy) is 1. The fourth-order valence-electron chi connectivity index (χ4n) is 1.82. The maximum absolute atomic E-state index is 5.53. The van der Waals surface area contributed by atoms with Crippen LogP contribution in [0.5, 0.6) is 0 Å². The summed E-state index contributed by atoms with van der Waals surface area (Å²) in [7, 11) is 1.71. The van der Waals surface area contributed by atoms with Gasteiger partial charge in [-0.15, -0.1) is 0 Å². The average molecular weight is 212 g/mol. The number of hydrogen-bond donors (Lipinski definition) is 2. The Bertz CT molecular complexity index is 260. The van der Waals surface area contributed by atoms with Crippen LogP contribution in [0, 0.1) is 5.92 Å². The Balaban J connectivity index is 2.61. The van der Waals surface area contributed by atoms with Crippen molar-refractivity contribution in [2.75, 3.05) is 7.11 Å². The molecule has 0 spiro atoms. The fraction of sp³-hybridized carbons (Fsp3) is 0.636. The van der Waals surface area contributed by atoms with Gasteiger partial charge in [0.2, 0.25) is 0 Å². The molecule has 15 heavy (non-hydrogen) atoms. The van der Waals surface area contributed by atoms with Crippen molar-refractivity contribution in [1.82, 2.24) is 5.43 Å². The normalized spacial score (nSPS) is 15.5. The molecule has 1 heterocycles. The third kappa shape index (κ3) is 3.34. The van der Waals surface area contributed by atoms with Gasteiger partial charge in [-0.25, -0.2) is 0 Å². The molecule has 1 rings (SSSR count). The number of furan rings is 1.